The summed E-state index contributed by atoms with van der Waals surface area (Å²) >= 11 is 1.40. The summed E-state index contributed by atoms with van der Waals surface area (Å²) in [6, 6.07) is 18.9. The number of aromatic hydroxyl groups is 1. The van der Waals surface area contributed by atoms with Gasteiger partial charge in [-0.15, -0.1) is 11.3 Å². The lowest BCUT2D eigenvalue weighted by Crippen LogP contribution is -2.30. The van der Waals surface area contributed by atoms with Gasteiger partial charge in [-0.3, -0.25) is 14.2 Å². The Hall–Kier alpha value is -4.30. The molecule has 0 aliphatic carbocycles. The van der Waals surface area contributed by atoms with E-state index in [1.54, 1.807) is 6.07 Å². The Morgan fingerprint density at radius 2 is 1.94 bits per heavy atom. The quantitative estimate of drug-likeness (QED) is 0.294. The first-order valence-corrected chi connectivity index (χ1v) is 11.5. The standard InChI is InChI=1S/C26H20N4O3S/c1-16-6-8-18(9-7-16)21-14-34-25-24(21)26(33)30(15-27-25)13-23(32)29-28-12-20-19-5-3-2-4-17(19)10-11-22(20)31/h2-12,14-15,31H,13H2,1H3,(H,29,32)/b28-12+. The molecule has 0 atom stereocenters. The molecule has 0 saturated heterocycles. The molecule has 0 radical (unpaired) electrons. The molecule has 2 heterocycles. The third kappa shape index (κ3) is 4.06. The Morgan fingerprint density at radius 1 is 1.15 bits per heavy atom. The molecule has 1 amide bonds. The monoisotopic (exact) mass is 468 g/mol. The van der Waals surface area contributed by atoms with Crippen molar-refractivity contribution in [3.63, 3.8) is 0 Å². The van der Waals surface area contributed by atoms with Crippen molar-refractivity contribution >= 4 is 44.4 Å². The topological polar surface area (TPSA) is 96.6 Å². The van der Waals surface area contributed by atoms with Crippen molar-refractivity contribution in [3.8, 4) is 16.9 Å². The molecule has 0 unspecified atom stereocenters. The van der Waals surface area contributed by atoms with Crippen LogP contribution in [0.5, 0.6) is 5.75 Å². The lowest BCUT2D eigenvalue weighted by Gasteiger charge is -2.06. The van der Waals surface area contributed by atoms with Crippen LogP contribution in [0.3, 0.4) is 0 Å². The predicted octanol–water partition coefficient (Wildman–Crippen LogP) is 4.44. The number of rotatable bonds is 5. The number of carbonyl (C=O) groups is 1. The third-order valence-corrected chi connectivity index (χ3v) is 6.45. The van der Waals surface area contributed by atoms with Crippen molar-refractivity contribution in [3.05, 3.63) is 93.9 Å². The summed E-state index contributed by atoms with van der Waals surface area (Å²) in [5.41, 5.74) is 5.51. The van der Waals surface area contributed by atoms with E-state index in [9.17, 15) is 14.7 Å². The molecule has 2 aromatic heterocycles. The van der Waals surface area contributed by atoms with Gasteiger partial charge in [0.05, 0.1) is 17.9 Å². The van der Waals surface area contributed by atoms with E-state index in [1.165, 1.54) is 28.4 Å². The van der Waals surface area contributed by atoms with Gasteiger partial charge < -0.3 is 5.11 Å². The summed E-state index contributed by atoms with van der Waals surface area (Å²) in [6.45, 7) is 1.77. The molecular weight excluding hydrogens is 448 g/mol. The molecule has 0 fully saturated rings. The van der Waals surface area contributed by atoms with Crippen LogP contribution in [0.15, 0.2) is 82.3 Å². The summed E-state index contributed by atoms with van der Waals surface area (Å²) < 4.78 is 1.27. The SMILES string of the molecule is Cc1ccc(-c2csc3ncn(CC(=O)N/N=C/c4c(O)ccc5ccccc45)c(=O)c23)cc1. The van der Waals surface area contributed by atoms with Gasteiger partial charge in [0.25, 0.3) is 11.5 Å². The van der Waals surface area contributed by atoms with Crippen LogP contribution in [-0.4, -0.2) is 26.8 Å². The molecule has 8 heteroatoms. The highest BCUT2D eigenvalue weighted by atomic mass is 32.1. The average molecular weight is 469 g/mol. The number of hydrogen-bond acceptors (Lipinski definition) is 6. The summed E-state index contributed by atoms with van der Waals surface area (Å²) in [5.74, 6) is -0.421. The summed E-state index contributed by atoms with van der Waals surface area (Å²) in [7, 11) is 0. The number of hydrazone groups is 1. The van der Waals surface area contributed by atoms with Crippen LogP contribution in [0.2, 0.25) is 0 Å². The Bertz CT molecular complexity index is 1620. The second-order valence-corrected chi connectivity index (χ2v) is 8.74. The number of fused-ring (bicyclic) bond motifs is 2. The Morgan fingerprint density at radius 3 is 2.76 bits per heavy atom. The predicted molar refractivity (Wildman–Crippen MR) is 135 cm³/mol. The number of thiophene rings is 1. The smallest absolute Gasteiger partial charge is 0.263 e. The van der Waals surface area contributed by atoms with E-state index >= 15 is 0 Å². The van der Waals surface area contributed by atoms with E-state index in [-0.39, 0.29) is 17.9 Å². The van der Waals surface area contributed by atoms with Gasteiger partial charge in [0, 0.05) is 16.5 Å². The van der Waals surface area contributed by atoms with Gasteiger partial charge in [-0.2, -0.15) is 5.10 Å². The normalized spacial score (nSPS) is 11.4. The lowest BCUT2D eigenvalue weighted by molar-refractivity contribution is -0.121. The highest BCUT2D eigenvalue weighted by Crippen LogP contribution is 2.30. The van der Waals surface area contributed by atoms with Gasteiger partial charge in [0.2, 0.25) is 0 Å². The Labute approximate surface area is 198 Å². The Balaban J connectivity index is 1.38. The fraction of sp³-hybridized carbons (Fsp3) is 0.0769. The first-order chi connectivity index (χ1) is 16.5. The minimum Gasteiger partial charge on any atom is -0.507 e. The van der Waals surface area contributed by atoms with E-state index in [4.69, 9.17) is 0 Å². The zero-order chi connectivity index (χ0) is 23.7. The molecule has 0 saturated carbocycles. The van der Waals surface area contributed by atoms with Crippen LogP contribution in [0.4, 0.5) is 0 Å². The molecule has 34 heavy (non-hydrogen) atoms. The second-order valence-electron chi connectivity index (χ2n) is 7.89. The molecule has 0 bridgehead atoms. The molecule has 0 aliphatic heterocycles. The maximum Gasteiger partial charge on any atom is 0.263 e. The number of carbonyl (C=O) groups excluding carboxylic acids is 1. The first kappa shape index (κ1) is 21.5. The highest BCUT2D eigenvalue weighted by Gasteiger charge is 2.14. The summed E-state index contributed by atoms with van der Waals surface area (Å²) in [6.07, 6.45) is 2.77. The van der Waals surface area contributed by atoms with Gasteiger partial charge in [-0.05, 0) is 29.3 Å². The molecule has 7 nitrogen and oxygen atoms in total. The number of aryl methyl sites for hydroxylation is 1. The first-order valence-electron chi connectivity index (χ1n) is 10.6. The molecule has 0 aliphatic rings. The van der Waals surface area contributed by atoms with Crippen LogP contribution in [0.1, 0.15) is 11.1 Å². The van der Waals surface area contributed by atoms with Crippen LogP contribution in [-0.2, 0) is 11.3 Å². The summed E-state index contributed by atoms with van der Waals surface area (Å²) in [5, 5.41) is 18.4. The number of phenolic OH excluding ortho intramolecular Hbond substituents is 1. The Kier molecular flexibility index (Phi) is 5.65. The van der Waals surface area contributed by atoms with Gasteiger partial charge in [-0.25, -0.2) is 10.4 Å². The number of nitrogens with one attached hydrogen (secondary N) is 1. The third-order valence-electron chi connectivity index (χ3n) is 5.57. The molecule has 5 rings (SSSR count). The van der Waals surface area contributed by atoms with Crippen LogP contribution >= 0.6 is 11.3 Å². The number of hydrogen-bond donors (Lipinski definition) is 2. The number of amides is 1. The zero-order valence-corrected chi connectivity index (χ0v) is 19.0. The number of benzene rings is 3. The fourth-order valence-corrected chi connectivity index (χ4v) is 4.71. The molecule has 2 N–H and O–H groups in total. The second kappa shape index (κ2) is 8.92. The highest BCUT2D eigenvalue weighted by molar-refractivity contribution is 7.17. The van der Waals surface area contributed by atoms with Crippen LogP contribution in [0, 0.1) is 6.92 Å². The van der Waals surface area contributed by atoms with Crippen LogP contribution < -0.4 is 11.0 Å². The fourth-order valence-electron chi connectivity index (χ4n) is 3.80. The minimum atomic E-state index is -0.480. The largest absolute Gasteiger partial charge is 0.507 e. The van der Waals surface area contributed by atoms with Crippen molar-refractivity contribution in [1.82, 2.24) is 15.0 Å². The molecule has 5 aromatic rings. The van der Waals surface area contributed by atoms with E-state index < -0.39 is 5.91 Å². The number of aromatic nitrogens is 2. The van der Waals surface area contributed by atoms with Gasteiger partial charge in [0.1, 0.15) is 17.1 Å². The van der Waals surface area contributed by atoms with Crippen LogP contribution in [0.25, 0.3) is 32.1 Å². The van der Waals surface area contributed by atoms with E-state index in [0.29, 0.717) is 15.8 Å². The maximum absolute atomic E-state index is 13.2. The molecular formula is C26H20N4O3S. The van der Waals surface area contributed by atoms with Crippen molar-refractivity contribution in [2.24, 2.45) is 5.10 Å². The average Bonchev–Trinajstić information content (AvgIpc) is 3.28. The van der Waals surface area contributed by atoms with Gasteiger partial charge in [0.15, 0.2) is 0 Å². The minimum absolute atomic E-state index is 0.0589. The number of phenols is 1. The maximum atomic E-state index is 13.2. The molecule has 3 aromatic carbocycles. The van der Waals surface area contributed by atoms with Crippen molar-refractivity contribution in [2.75, 3.05) is 0 Å². The van der Waals surface area contributed by atoms with Gasteiger partial charge >= 0.3 is 0 Å². The van der Waals surface area contributed by atoms with E-state index in [1.807, 2.05) is 66.9 Å². The van der Waals surface area contributed by atoms with Gasteiger partial charge in [-0.1, -0.05) is 60.2 Å². The zero-order valence-electron chi connectivity index (χ0n) is 18.2. The van der Waals surface area contributed by atoms with E-state index in [2.05, 4.69) is 15.5 Å². The van der Waals surface area contributed by atoms with E-state index in [0.717, 1.165) is 27.5 Å². The van der Waals surface area contributed by atoms with Crippen molar-refractivity contribution in [2.45, 2.75) is 13.5 Å². The number of nitrogens with zero attached hydrogens (tertiary/aromatic N) is 3. The molecule has 168 valence electrons. The summed E-state index contributed by atoms with van der Waals surface area (Å²) in [4.78, 5) is 30.6. The molecule has 0 spiro atoms. The van der Waals surface area contributed by atoms with Crippen molar-refractivity contribution < 1.29 is 9.90 Å². The van der Waals surface area contributed by atoms with Crippen molar-refractivity contribution in [1.29, 1.82) is 0 Å². The lowest BCUT2D eigenvalue weighted by atomic mass is 10.0.